The molecule has 8 heteroatoms. The summed E-state index contributed by atoms with van der Waals surface area (Å²) in [6.45, 7) is 1.76. The molecule has 2 N–H and O–H groups in total. The molecule has 0 aliphatic heterocycles. The van der Waals surface area contributed by atoms with Gasteiger partial charge in [0.15, 0.2) is 0 Å². The Hall–Kier alpha value is -2.09. The molecule has 0 saturated carbocycles. The molecule has 7 nitrogen and oxygen atoms in total. The Morgan fingerprint density at radius 3 is 2.82 bits per heavy atom. The van der Waals surface area contributed by atoms with Gasteiger partial charge in [0, 0.05) is 18.6 Å². The van der Waals surface area contributed by atoms with Gasteiger partial charge in [0.1, 0.15) is 17.3 Å². The van der Waals surface area contributed by atoms with E-state index in [1.165, 1.54) is 12.4 Å². The lowest BCUT2D eigenvalue weighted by Gasteiger charge is -2.02. The number of rotatable bonds is 3. The molecular formula is C9H10N6OS. The van der Waals surface area contributed by atoms with Gasteiger partial charge >= 0.3 is 0 Å². The molecule has 1 amide bonds. The van der Waals surface area contributed by atoms with Gasteiger partial charge in [0.25, 0.3) is 5.91 Å². The zero-order valence-corrected chi connectivity index (χ0v) is 10.1. The summed E-state index contributed by atoms with van der Waals surface area (Å²) in [6, 6.07) is 0. The number of hydrogen-bond donors (Lipinski definition) is 2. The fourth-order valence-corrected chi connectivity index (χ4v) is 1.68. The van der Waals surface area contributed by atoms with E-state index in [2.05, 4.69) is 30.0 Å². The fourth-order valence-electron chi connectivity index (χ4n) is 1.10. The predicted molar refractivity (Wildman–Crippen MR) is 64.2 cm³/mol. The summed E-state index contributed by atoms with van der Waals surface area (Å²) in [5.74, 6) is 0.803. The quantitative estimate of drug-likeness (QED) is 0.841. The van der Waals surface area contributed by atoms with Gasteiger partial charge in [-0.05, 0) is 6.92 Å². The van der Waals surface area contributed by atoms with Crippen LogP contribution in [0.1, 0.15) is 16.3 Å². The summed E-state index contributed by atoms with van der Waals surface area (Å²) in [7, 11) is 1.71. The van der Waals surface area contributed by atoms with E-state index in [0.717, 1.165) is 11.5 Å². The Morgan fingerprint density at radius 1 is 1.35 bits per heavy atom. The van der Waals surface area contributed by atoms with Crippen LogP contribution in [0.15, 0.2) is 12.4 Å². The molecular weight excluding hydrogens is 240 g/mol. The first-order valence-corrected chi connectivity index (χ1v) is 5.58. The molecule has 2 aromatic heterocycles. The molecule has 0 spiro atoms. The molecule has 0 radical (unpaired) electrons. The van der Waals surface area contributed by atoms with Crippen molar-refractivity contribution in [1.29, 1.82) is 0 Å². The lowest BCUT2D eigenvalue weighted by molar-refractivity contribution is 0.102. The van der Waals surface area contributed by atoms with E-state index in [9.17, 15) is 4.79 Å². The normalized spacial score (nSPS) is 10.0. The van der Waals surface area contributed by atoms with Gasteiger partial charge in [-0.2, -0.15) is 4.37 Å². The summed E-state index contributed by atoms with van der Waals surface area (Å²) in [6.07, 6.45) is 2.93. The molecule has 0 fully saturated rings. The third-order valence-electron chi connectivity index (χ3n) is 1.87. The maximum atomic E-state index is 11.8. The van der Waals surface area contributed by atoms with Crippen LogP contribution in [0.4, 0.5) is 10.9 Å². The lowest BCUT2D eigenvalue weighted by Crippen LogP contribution is -2.14. The van der Waals surface area contributed by atoms with Crippen molar-refractivity contribution in [3.8, 4) is 0 Å². The Morgan fingerprint density at radius 2 is 2.18 bits per heavy atom. The minimum absolute atomic E-state index is 0.227. The second-order valence-corrected chi connectivity index (χ2v) is 3.89. The van der Waals surface area contributed by atoms with Crippen molar-refractivity contribution in [3.05, 3.63) is 23.9 Å². The summed E-state index contributed by atoms with van der Waals surface area (Å²) >= 11 is 1.13. The monoisotopic (exact) mass is 250 g/mol. The largest absolute Gasteiger partial charge is 0.372 e. The SMILES string of the molecule is CNc1cncc(C(=O)Nc2nc(C)ns2)n1. The standard InChI is InChI=1S/C9H10N6OS/c1-5-12-9(17-15-5)14-8(16)6-3-11-4-7(10-2)13-6/h3-4H,1-2H3,(H,10,13)(H,12,14,15,16). The van der Waals surface area contributed by atoms with Gasteiger partial charge in [-0.3, -0.25) is 15.1 Å². The molecule has 0 aliphatic carbocycles. The van der Waals surface area contributed by atoms with Crippen LogP contribution < -0.4 is 10.6 Å². The molecule has 88 valence electrons. The number of aryl methyl sites for hydroxylation is 1. The van der Waals surface area contributed by atoms with Crippen molar-refractivity contribution in [1.82, 2.24) is 19.3 Å². The van der Waals surface area contributed by atoms with Crippen LogP contribution in [-0.2, 0) is 0 Å². The van der Waals surface area contributed by atoms with Gasteiger partial charge in [0.05, 0.1) is 12.4 Å². The first-order chi connectivity index (χ1) is 8.19. The summed E-state index contributed by atoms with van der Waals surface area (Å²) in [5.41, 5.74) is 0.227. The Bertz CT molecular complexity index is 540. The van der Waals surface area contributed by atoms with Crippen LogP contribution in [0.2, 0.25) is 0 Å². The van der Waals surface area contributed by atoms with Crippen LogP contribution in [0, 0.1) is 6.92 Å². The Kier molecular flexibility index (Phi) is 3.24. The molecule has 0 bridgehead atoms. The summed E-state index contributed by atoms with van der Waals surface area (Å²) < 4.78 is 3.96. The van der Waals surface area contributed by atoms with Crippen LogP contribution in [0.5, 0.6) is 0 Å². The summed E-state index contributed by atoms with van der Waals surface area (Å²) in [5, 5.41) is 5.87. The first kappa shape index (κ1) is 11.4. The fraction of sp³-hybridized carbons (Fsp3) is 0.222. The highest BCUT2D eigenvalue weighted by Gasteiger charge is 2.11. The van der Waals surface area contributed by atoms with E-state index in [1.54, 1.807) is 14.0 Å². The van der Waals surface area contributed by atoms with Gasteiger partial charge in [-0.1, -0.05) is 0 Å². The lowest BCUT2D eigenvalue weighted by atomic mass is 10.4. The molecule has 0 aromatic carbocycles. The molecule has 2 heterocycles. The highest BCUT2D eigenvalue weighted by molar-refractivity contribution is 7.09. The van der Waals surface area contributed by atoms with Crippen molar-refractivity contribution in [2.45, 2.75) is 6.92 Å². The van der Waals surface area contributed by atoms with Gasteiger partial charge < -0.3 is 5.32 Å². The smallest absolute Gasteiger partial charge is 0.277 e. The number of carbonyl (C=O) groups is 1. The van der Waals surface area contributed by atoms with Crippen LogP contribution in [0.3, 0.4) is 0 Å². The van der Waals surface area contributed by atoms with E-state index in [0.29, 0.717) is 16.8 Å². The minimum atomic E-state index is -0.356. The number of anilines is 2. The van der Waals surface area contributed by atoms with E-state index in [-0.39, 0.29) is 11.6 Å². The maximum absolute atomic E-state index is 11.8. The van der Waals surface area contributed by atoms with Gasteiger partial charge in [-0.25, -0.2) is 9.97 Å². The average Bonchev–Trinajstić information content (AvgIpc) is 2.75. The number of amides is 1. The molecule has 2 rings (SSSR count). The van der Waals surface area contributed by atoms with Crippen LogP contribution >= 0.6 is 11.5 Å². The zero-order valence-electron chi connectivity index (χ0n) is 9.26. The van der Waals surface area contributed by atoms with Crippen molar-refractivity contribution < 1.29 is 4.79 Å². The Balaban J connectivity index is 2.14. The van der Waals surface area contributed by atoms with Crippen LogP contribution in [-0.4, -0.2) is 32.3 Å². The number of hydrogen-bond acceptors (Lipinski definition) is 7. The van der Waals surface area contributed by atoms with Crippen LogP contribution in [0.25, 0.3) is 0 Å². The number of carbonyl (C=O) groups excluding carboxylic acids is 1. The molecule has 0 aliphatic rings. The molecule has 0 saturated heterocycles. The van der Waals surface area contributed by atoms with Crippen molar-refractivity contribution in [2.75, 3.05) is 17.7 Å². The Labute approximate surface area is 102 Å². The first-order valence-electron chi connectivity index (χ1n) is 4.80. The second-order valence-electron chi connectivity index (χ2n) is 3.14. The number of nitrogens with zero attached hydrogens (tertiary/aromatic N) is 4. The van der Waals surface area contributed by atoms with E-state index in [1.807, 2.05) is 0 Å². The number of aromatic nitrogens is 4. The molecule has 0 unspecified atom stereocenters. The van der Waals surface area contributed by atoms with Gasteiger partial charge in [-0.15, -0.1) is 0 Å². The van der Waals surface area contributed by atoms with Crippen molar-refractivity contribution in [3.63, 3.8) is 0 Å². The third kappa shape index (κ3) is 2.72. The highest BCUT2D eigenvalue weighted by atomic mass is 32.1. The predicted octanol–water partition coefficient (Wildman–Crippen LogP) is 0.931. The molecule has 2 aromatic rings. The zero-order chi connectivity index (χ0) is 12.3. The maximum Gasteiger partial charge on any atom is 0.277 e. The molecule has 17 heavy (non-hydrogen) atoms. The third-order valence-corrected chi connectivity index (χ3v) is 2.59. The molecule has 0 atom stereocenters. The average molecular weight is 250 g/mol. The number of nitrogens with one attached hydrogen (secondary N) is 2. The van der Waals surface area contributed by atoms with E-state index in [4.69, 9.17) is 0 Å². The minimum Gasteiger partial charge on any atom is -0.372 e. The van der Waals surface area contributed by atoms with Crippen molar-refractivity contribution in [2.24, 2.45) is 0 Å². The van der Waals surface area contributed by atoms with E-state index < -0.39 is 0 Å². The topological polar surface area (TPSA) is 92.7 Å². The van der Waals surface area contributed by atoms with Gasteiger partial charge in [0.2, 0.25) is 5.13 Å². The summed E-state index contributed by atoms with van der Waals surface area (Å²) in [4.78, 5) is 23.8. The highest BCUT2D eigenvalue weighted by Crippen LogP contribution is 2.11. The van der Waals surface area contributed by atoms with Crippen molar-refractivity contribution >= 4 is 28.4 Å². The second kappa shape index (κ2) is 4.83. The van der Waals surface area contributed by atoms with E-state index >= 15 is 0 Å².